The highest BCUT2D eigenvalue weighted by atomic mass is 15.2. The third-order valence-corrected chi connectivity index (χ3v) is 6.39. The number of para-hydroxylation sites is 3. The lowest BCUT2D eigenvalue weighted by molar-refractivity contribution is 0.761. The minimum atomic E-state index is 0.178. The van der Waals surface area contributed by atoms with Crippen LogP contribution in [0.3, 0.4) is 0 Å². The van der Waals surface area contributed by atoms with Crippen molar-refractivity contribution in [2.24, 2.45) is 0 Å². The zero-order valence-electron chi connectivity index (χ0n) is 22.7. The highest BCUT2D eigenvalue weighted by Crippen LogP contribution is 2.30. The molecule has 2 nitrogen and oxygen atoms in total. The SMILES string of the molecule is C=C/C(=C\C=C\C1=CCC(N(C(=C)/C=C\C(=C)C)c2ccccc2)C=C1)N(c1ccccc1)c1ccccc1. The fourth-order valence-corrected chi connectivity index (χ4v) is 4.51. The summed E-state index contributed by atoms with van der Waals surface area (Å²) in [4.78, 5) is 4.49. The normalized spacial score (nSPS) is 15.3. The van der Waals surface area contributed by atoms with Gasteiger partial charge in [0.15, 0.2) is 0 Å². The van der Waals surface area contributed by atoms with Crippen molar-refractivity contribution < 1.29 is 0 Å². The highest BCUT2D eigenvalue weighted by Gasteiger charge is 2.19. The Labute approximate surface area is 233 Å². The summed E-state index contributed by atoms with van der Waals surface area (Å²) in [6.45, 7) is 14.4. The largest absolute Gasteiger partial charge is 0.335 e. The Bertz CT molecular complexity index is 1380. The Hall–Kier alpha value is -4.82. The number of nitrogens with zero attached hydrogens (tertiary/aromatic N) is 2. The van der Waals surface area contributed by atoms with Gasteiger partial charge in [0.25, 0.3) is 0 Å². The van der Waals surface area contributed by atoms with E-state index in [0.29, 0.717) is 0 Å². The summed E-state index contributed by atoms with van der Waals surface area (Å²) < 4.78 is 0. The van der Waals surface area contributed by atoms with Crippen molar-refractivity contribution >= 4 is 17.1 Å². The van der Waals surface area contributed by atoms with Crippen molar-refractivity contribution in [2.75, 3.05) is 9.80 Å². The van der Waals surface area contributed by atoms with E-state index in [1.807, 2.05) is 43.4 Å². The van der Waals surface area contributed by atoms with E-state index >= 15 is 0 Å². The first-order valence-corrected chi connectivity index (χ1v) is 13.2. The molecule has 0 bridgehead atoms. The first-order valence-electron chi connectivity index (χ1n) is 13.2. The van der Waals surface area contributed by atoms with Crippen LogP contribution in [0.25, 0.3) is 0 Å². The van der Waals surface area contributed by atoms with Gasteiger partial charge in [-0.3, -0.25) is 0 Å². The first kappa shape index (κ1) is 27.2. The van der Waals surface area contributed by atoms with E-state index in [4.69, 9.17) is 0 Å². The Morgan fingerprint density at radius 2 is 1.36 bits per heavy atom. The molecule has 4 rings (SSSR count). The molecule has 0 radical (unpaired) electrons. The minimum Gasteiger partial charge on any atom is -0.335 e. The standard InChI is InChI=1S/C37H36N2/c1-5-33(39(35-19-11-7-12-20-35)36-21-13-8-14-22-36)23-15-16-32-26-28-37(29-27-32)38(31(4)25-24-30(2)3)34-17-9-6-10-18-34/h5-28,37H,1-2,4,29H2,3H3/b16-15+,25-24-,33-23+. The molecule has 1 aliphatic rings. The van der Waals surface area contributed by atoms with E-state index in [9.17, 15) is 0 Å². The predicted molar refractivity (Wildman–Crippen MR) is 170 cm³/mol. The molecule has 0 saturated heterocycles. The fourth-order valence-electron chi connectivity index (χ4n) is 4.51. The molecule has 0 heterocycles. The minimum absolute atomic E-state index is 0.178. The van der Waals surface area contributed by atoms with Crippen LogP contribution in [0.2, 0.25) is 0 Å². The molecule has 1 unspecified atom stereocenters. The van der Waals surface area contributed by atoms with Gasteiger partial charge in [-0.25, -0.2) is 0 Å². The first-order chi connectivity index (χ1) is 19.1. The molecule has 0 spiro atoms. The molecule has 3 aromatic rings. The fraction of sp³-hybridized carbons (Fsp3) is 0.0811. The van der Waals surface area contributed by atoms with E-state index in [-0.39, 0.29) is 6.04 Å². The van der Waals surface area contributed by atoms with Gasteiger partial charge >= 0.3 is 0 Å². The number of rotatable bonds is 11. The second-order valence-electron chi connectivity index (χ2n) is 9.40. The average molecular weight is 509 g/mol. The summed E-state index contributed by atoms with van der Waals surface area (Å²) in [6.07, 6.45) is 19.9. The number of hydrogen-bond donors (Lipinski definition) is 0. The van der Waals surface area contributed by atoms with Gasteiger partial charge in [-0.2, -0.15) is 0 Å². The quantitative estimate of drug-likeness (QED) is 0.238. The number of benzene rings is 3. The Morgan fingerprint density at radius 1 is 0.795 bits per heavy atom. The monoisotopic (exact) mass is 508 g/mol. The summed E-state index contributed by atoms with van der Waals surface area (Å²) >= 11 is 0. The second kappa shape index (κ2) is 13.6. The third kappa shape index (κ3) is 7.37. The molecule has 2 heteroatoms. The second-order valence-corrected chi connectivity index (χ2v) is 9.40. The van der Waals surface area contributed by atoms with Crippen molar-refractivity contribution in [3.63, 3.8) is 0 Å². The van der Waals surface area contributed by atoms with Gasteiger partial charge < -0.3 is 9.80 Å². The summed E-state index contributed by atoms with van der Waals surface area (Å²) in [5.41, 5.74) is 7.41. The van der Waals surface area contributed by atoms with Crippen LogP contribution in [0.5, 0.6) is 0 Å². The Balaban J connectivity index is 1.53. The molecule has 1 atom stereocenters. The predicted octanol–water partition coefficient (Wildman–Crippen LogP) is 9.86. The van der Waals surface area contributed by atoms with E-state index in [2.05, 4.69) is 139 Å². The van der Waals surface area contributed by atoms with Crippen LogP contribution in [0, 0.1) is 0 Å². The van der Waals surface area contributed by atoms with Crippen LogP contribution in [0.15, 0.2) is 188 Å². The summed E-state index contributed by atoms with van der Waals surface area (Å²) in [6, 6.07) is 31.3. The van der Waals surface area contributed by atoms with Gasteiger partial charge in [0, 0.05) is 28.5 Å². The Kier molecular flexibility index (Phi) is 9.52. The third-order valence-electron chi connectivity index (χ3n) is 6.39. The summed E-state index contributed by atoms with van der Waals surface area (Å²) in [5.74, 6) is 0. The van der Waals surface area contributed by atoms with Crippen LogP contribution in [-0.2, 0) is 0 Å². The van der Waals surface area contributed by atoms with E-state index in [1.165, 1.54) is 5.57 Å². The maximum absolute atomic E-state index is 4.35. The number of allylic oxidation sites excluding steroid dienone is 9. The molecule has 1 aliphatic carbocycles. The van der Waals surface area contributed by atoms with Gasteiger partial charge in [-0.1, -0.05) is 116 Å². The van der Waals surface area contributed by atoms with Crippen LogP contribution >= 0.6 is 0 Å². The lowest BCUT2D eigenvalue weighted by Crippen LogP contribution is -2.32. The zero-order valence-corrected chi connectivity index (χ0v) is 22.7. The zero-order chi connectivity index (χ0) is 27.5. The molecule has 0 fully saturated rings. The topological polar surface area (TPSA) is 6.48 Å². The van der Waals surface area contributed by atoms with Crippen molar-refractivity contribution in [3.05, 3.63) is 188 Å². The molecule has 0 N–H and O–H groups in total. The molecular weight excluding hydrogens is 472 g/mol. The van der Waals surface area contributed by atoms with Crippen LogP contribution in [-0.4, -0.2) is 6.04 Å². The van der Waals surface area contributed by atoms with Gasteiger partial charge in [-0.05, 0) is 73.5 Å². The molecule has 39 heavy (non-hydrogen) atoms. The van der Waals surface area contributed by atoms with E-state index in [0.717, 1.165) is 40.5 Å². The van der Waals surface area contributed by atoms with Gasteiger partial charge in [0.05, 0.1) is 6.04 Å². The van der Waals surface area contributed by atoms with Crippen molar-refractivity contribution in [2.45, 2.75) is 19.4 Å². The molecular formula is C37H36N2. The lowest BCUT2D eigenvalue weighted by Gasteiger charge is -2.33. The molecule has 0 amide bonds. The lowest BCUT2D eigenvalue weighted by atomic mass is 9.99. The molecule has 194 valence electrons. The van der Waals surface area contributed by atoms with Gasteiger partial charge in [-0.15, -0.1) is 0 Å². The highest BCUT2D eigenvalue weighted by molar-refractivity contribution is 5.70. The van der Waals surface area contributed by atoms with Crippen molar-refractivity contribution in [1.82, 2.24) is 0 Å². The van der Waals surface area contributed by atoms with E-state index < -0.39 is 0 Å². The number of hydrogen-bond acceptors (Lipinski definition) is 2. The van der Waals surface area contributed by atoms with Crippen LogP contribution in [0.1, 0.15) is 13.3 Å². The molecule has 3 aromatic carbocycles. The van der Waals surface area contributed by atoms with Gasteiger partial charge in [0.2, 0.25) is 0 Å². The maximum Gasteiger partial charge on any atom is 0.0560 e. The van der Waals surface area contributed by atoms with Crippen LogP contribution < -0.4 is 9.80 Å². The van der Waals surface area contributed by atoms with E-state index in [1.54, 1.807) is 0 Å². The maximum atomic E-state index is 4.35. The molecule has 0 aliphatic heterocycles. The van der Waals surface area contributed by atoms with Crippen molar-refractivity contribution in [1.29, 1.82) is 0 Å². The van der Waals surface area contributed by atoms with Crippen molar-refractivity contribution in [3.8, 4) is 0 Å². The van der Waals surface area contributed by atoms with Gasteiger partial charge in [0.1, 0.15) is 0 Å². The number of anilines is 3. The molecule has 0 aromatic heterocycles. The smallest absolute Gasteiger partial charge is 0.0560 e. The van der Waals surface area contributed by atoms with Crippen LogP contribution in [0.4, 0.5) is 17.1 Å². The Morgan fingerprint density at radius 3 is 1.85 bits per heavy atom. The summed E-state index contributed by atoms with van der Waals surface area (Å²) in [7, 11) is 0. The molecule has 0 saturated carbocycles. The summed E-state index contributed by atoms with van der Waals surface area (Å²) in [5, 5.41) is 0. The average Bonchev–Trinajstić information content (AvgIpc) is 2.98.